The maximum absolute atomic E-state index is 14.6. The number of hydrogen-bond acceptors (Lipinski definition) is 5. The maximum atomic E-state index is 14.6. The summed E-state index contributed by atoms with van der Waals surface area (Å²) in [5.74, 6) is 0.911. The van der Waals surface area contributed by atoms with E-state index in [1.54, 1.807) is 91.0 Å². The molecule has 43 heavy (non-hydrogen) atoms. The van der Waals surface area contributed by atoms with Gasteiger partial charge in [0.15, 0.2) is 0 Å². The molecule has 4 aliphatic rings. The summed E-state index contributed by atoms with van der Waals surface area (Å²) in [4.78, 5) is 1.05. The number of nitrogens with zero attached hydrogens (tertiary/aromatic N) is 1. The molecule has 0 amide bonds. The van der Waals surface area contributed by atoms with Crippen LogP contribution in [0.15, 0.2) is 106 Å². The second kappa shape index (κ2) is 11.2. The Kier molecular flexibility index (Phi) is 7.98. The lowest BCUT2D eigenvalue weighted by Gasteiger charge is -2.55. The van der Waals surface area contributed by atoms with Gasteiger partial charge in [0.25, 0.3) is 10.1 Å². The van der Waals surface area contributed by atoms with Crippen molar-refractivity contribution in [3.05, 3.63) is 91.0 Å². The molecule has 4 fully saturated rings. The third kappa shape index (κ3) is 5.22. The van der Waals surface area contributed by atoms with Crippen LogP contribution < -0.4 is 0 Å². The van der Waals surface area contributed by atoms with E-state index >= 15 is 0 Å². The van der Waals surface area contributed by atoms with Gasteiger partial charge in [0.1, 0.15) is 0 Å². The summed E-state index contributed by atoms with van der Waals surface area (Å²) in [5.41, 5.74) is -5.65. The number of halogens is 3. The molecule has 0 radical (unpaired) electrons. The summed E-state index contributed by atoms with van der Waals surface area (Å²) >= 11 is 0. The molecule has 0 aliphatic heterocycles. The van der Waals surface area contributed by atoms with E-state index in [0.29, 0.717) is 55.4 Å². The Balaban J connectivity index is 1.46. The minimum absolute atomic E-state index is 0.304. The summed E-state index contributed by atoms with van der Waals surface area (Å²) in [5, 5.41) is 0. The molecular formula is C31H34F3NO5S3. The normalized spacial score (nSPS) is 26.1. The highest BCUT2D eigenvalue weighted by Gasteiger charge is 2.59. The monoisotopic (exact) mass is 653 g/mol. The molecule has 3 aromatic rings. The Morgan fingerprint density at radius 2 is 1.05 bits per heavy atom. The van der Waals surface area contributed by atoms with Crippen LogP contribution in [-0.4, -0.2) is 44.0 Å². The molecule has 0 N–H and O–H groups in total. The molecule has 4 aliphatic carbocycles. The van der Waals surface area contributed by atoms with E-state index in [9.17, 15) is 30.0 Å². The Morgan fingerprint density at radius 1 is 0.674 bits per heavy atom. The summed E-state index contributed by atoms with van der Waals surface area (Å²) in [6.07, 6.45) is 4.47. The lowest BCUT2D eigenvalue weighted by atomic mass is 9.56. The smallest absolute Gasteiger partial charge is 0.268 e. The van der Waals surface area contributed by atoms with Gasteiger partial charge in [0.2, 0.25) is 0 Å². The number of rotatable bonds is 10. The molecule has 3 aromatic carbocycles. The fraction of sp³-hybridized carbons (Fsp3) is 0.419. The predicted octanol–water partition coefficient (Wildman–Crippen LogP) is 7.35. The van der Waals surface area contributed by atoms with Crippen LogP contribution in [-0.2, 0) is 24.3 Å². The van der Waals surface area contributed by atoms with Crippen molar-refractivity contribution in [2.75, 3.05) is 13.2 Å². The highest BCUT2D eigenvalue weighted by Crippen LogP contribution is 2.72. The first-order chi connectivity index (χ1) is 20.4. The second-order valence-corrected chi connectivity index (χ2v) is 19.0. The molecule has 0 atom stereocenters. The molecule has 0 aromatic heterocycles. The Morgan fingerprint density at radius 3 is 1.40 bits per heavy atom. The van der Waals surface area contributed by atoms with Gasteiger partial charge in [0.05, 0.1) is 11.4 Å². The average molecular weight is 654 g/mol. The van der Waals surface area contributed by atoms with Crippen LogP contribution in [0, 0.1) is 17.8 Å². The second-order valence-electron chi connectivity index (χ2n) is 11.9. The zero-order chi connectivity index (χ0) is 30.5. The predicted molar refractivity (Wildman–Crippen MR) is 159 cm³/mol. The van der Waals surface area contributed by atoms with Crippen molar-refractivity contribution in [2.45, 2.75) is 63.5 Å². The minimum Gasteiger partial charge on any atom is -0.268 e. The van der Waals surface area contributed by atoms with Gasteiger partial charge in [-0.2, -0.15) is 21.6 Å². The quantitative estimate of drug-likeness (QED) is 0.214. The third-order valence-corrected chi connectivity index (χ3v) is 17.4. The van der Waals surface area contributed by atoms with Gasteiger partial charge in [-0.25, -0.2) is 8.42 Å². The van der Waals surface area contributed by atoms with Gasteiger partial charge < -0.3 is 0 Å². The maximum Gasteiger partial charge on any atom is 0.512 e. The van der Waals surface area contributed by atoms with Crippen molar-refractivity contribution in [3.8, 4) is 0 Å². The van der Waals surface area contributed by atoms with Crippen molar-refractivity contribution in [2.24, 2.45) is 17.8 Å². The molecule has 0 heterocycles. The Bertz CT molecular complexity index is 1520. The molecule has 4 bridgehead atoms. The number of hydrogen-bond donors (Lipinski definition) is 0. The van der Waals surface area contributed by atoms with E-state index in [1.165, 1.54) is 0 Å². The molecule has 7 rings (SSSR count). The summed E-state index contributed by atoms with van der Waals surface area (Å²) in [7, 11) is -13.5. The molecule has 0 unspecified atom stereocenters. The first-order valence-corrected chi connectivity index (χ1v) is 18.8. The van der Waals surface area contributed by atoms with E-state index in [4.69, 9.17) is 4.18 Å². The van der Waals surface area contributed by atoms with Crippen LogP contribution in [0.1, 0.15) is 38.5 Å². The first kappa shape index (κ1) is 30.6. The van der Waals surface area contributed by atoms with Gasteiger partial charge in [-0.05, 0) is 92.7 Å². The van der Waals surface area contributed by atoms with E-state index in [-0.39, 0.29) is 0 Å². The van der Waals surface area contributed by atoms with Gasteiger partial charge in [-0.15, -0.1) is 3.71 Å². The number of sulfonamides is 1. The van der Waals surface area contributed by atoms with Crippen molar-refractivity contribution in [1.29, 1.82) is 0 Å². The van der Waals surface area contributed by atoms with Crippen molar-refractivity contribution in [3.63, 3.8) is 0 Å². The summed E-state index contributed by atoms with van der Waals surface area (Å²) in [6.45, 7) is -1.55. The van der Waals surface area contributed by atoms with Crippen LogP contribution in [0.2, 0.25) is 0 Å². The number of benzene rings is 3. The molecule has 232 valence electrons. The van der Waals surface area contributed by atoms with E-state index in [1.807, 2.05) is 0 Å². The fourth-order valence-electron chi connectivity index (χ4n) is 7.82. The zero-order valence-electron chi connectivity index (χ0n) is 23.4. The molecule has 4 saturated carbocycles. The van der Waals surface area contributed by atoms with Crippen LogP contribution in [0.5, 0.6) is 0 Å². The van der Waals surface area contributed by atoms with Gasteiger partial charge in [-0.1, -0.05) is 64.8 Å². The fourth-order valence-corrected chi connectivity index (χ4v) is 16.0. The summed E-state index contributed by atoms with van der Waals surface area (Å²) < 4.78 is 103. The highest BCUT2D eigenvalue weighted by molar-refractivity contribution is 8.36. The van der Waals surface area contributed by atoms with Crippen LogP contribution in [0.3, 0.4) is 0 Å². The van der Waals surface area contributed by atoms with E-state index in [0.717, 1.165) is 19.3 Å². The van der Waals surface area contributed by atoms with Crippen LogP contribution in [0.25, 0.3) is 0 Å². The lowest BCUT2D eigenvalue weighted by molar-refractivity contribution is -0.0469. The van der Waals surface area contributed by atoms with E-state index in [2.05, 4.69) is 0 Å². The molecule has 12 heteroatoms. The lowest BCUT2D eigenvalue weighted by Crippen LogP contribution is -2.55. The van der Waals surface area contributed by atoms with Crippen molar-refractivity contribution < 1.29 is 34.2 Å². The van der Waals surface area contributed by atoms with Gasteiger partial charge >= 0.3 is 15.5 Å². The molecular weight excluding hydrogens is 620 g/mol. The molecule has 0 saturated heterocycles. The largest absolute Gasteiger partial charge is 0.512 e. The Hall–Kier alpha value is -2.38. The number of alkyl halides is 3. The first-order valence-electron chi connectivity index (χ1n) is 14.4. The van der Waals surface area contributed by atoms with Crippen LogP contribution in [0.4, 0.5) is 13.2 Å². The van der Waals surface area contributed by atoms with Crippen molar-refractivity contribution in [1.82, 2.24) is 3.71 Å². The van der Waals surface area contributed by atoms with E-state index < -0.39 is 53.8 Å². The minimum atomic E-state index is -6.01. The van der Waals surface area contributed by atoms with Crippen molar-refractivity contribution >= 4 is 30.4 Å². The topological polar surface area (TPSA) is 80.8 Å². The van der Waals surface area contributed by atoms with Gasteiger partial charge in [-0.3, -0.25) is 4.18 Å². The SMILES string of the molecule is O=S(=O)(OCCN(S(c1ccccc1)(c1ccccc1)c1ccccc1)S(=O)(=O)C(F)(F)F)C12CC3CC(CC(C3)C1)C2. The van der Waals surface area contributed by atoms with Crippen LogP contribution >= 0.6 is 10.2 Å². The molecule has 6 nitrogen and oxygen atoms in total. The highest BCUT2D eigenvalue weighted by atomic mass is 32.3. The standard InChI is InChI=1S/C31H34F3NO5S3/c32-31(33,34)42(36,37)35(16-17-40-43(38,39)30-21-24-18-25(22-30)20-26(19-24)23-30)41(27-10-4-1-5-11-27,28-12-6-2-7-13-28)29-14-8-3-9-15-29/h1-15,24-26H,16-23H2. The average Bonchev–Trinajstić information content (AvgIpc) is 2.97. The molecule has 0 spiro atoms. The Labute approximate surface area is 252 Å². The summed E-state index contributed by atoms with van der Waals surface area (Å²) in [6, 6.07) is 24.7. The van der Waals surface area contributed by atoms with Gasteiger partial charge in [0, 0.05) is 21.2 Å². The third-order valence-electron chi connectivity index (χ3n) is 9.14. The zero-order valence-corrected chi connectivity index (χ0v) is 25.8.